The number of likely N-dealkylation sites (tertiary alicyclic amines) is 1. The van der Waals surface area contributed by atoms with E-state index in [-0.39, 0.29) is 0 Å². The Bertz CT molecular complexity index is 255. The van der Waals surface area contributed by atoms with Gasteiger partial charge in [0.1, 0.15) is 5.60 Å². The van der Waals surface area contributed by atoms with Crippen molar-refractivity contribution in [3.05, 3.63) is 0 Å². The number of hydrogen-bond acceptors (Lipinski definition) is 4. The predicted octanol–water partition coefficient (Wildman–Crippen LogP) is 0.470. The lowest BCUT2D eigenvalue weighted by Gasteiger charge is -2.47. The lowest BCUT2D eigenvalue weighted by Crippen LogP contribution is -2.59. The maximum absolute atomic E-state index is 11.5. The summed E-state index contributed by atoms with van der Waals surface area (Å²) in [5.74, 6) is 0. The molecule has 2 N–H and O–H groups in total. The van der Waals surface area contributed by atoms with E-state index in [4.69, 9.17) is 14.8 Å². The molecule has 1 rings (SSSR count). The Hall–Kier alpha value is -0.745. The number of rotatable bonds is 1. The normalized spacial score (nSPS) is 19.5. The SMILES string of the molecule is CC(C)(C)OC(=O)N1CC(C)(B(O)O)C1. The van der Waals surface area contributed by atoms with Crippen LogP contribution in [0.25, 0.3) is 0 Å². The molecule has 0 spiro atoms. The van der Waals surface area contributed by atoms with Crippen molar-refractivity contribution in [3.8, 4) is 0 Å². The highest BCUT2D eigenvalue weighted by molar-refractivity contribution is 6.46. The minimum Gasteiger partial charge on any atom is -0.444 e. The fraction of sp³-hybridized carbons (Fsp3) is 0.889. The van der Waals surface area contributed by atoms with Crippen LogP contribution >= 0.6 is 0 Å². The van der Waals surface area contributed by atoms with E-state index in [0.29, 0.717) is 13.1 Å². The lowest BCUT2D eigenvalue weighted by molar-refractivity contribution is 0.000174. The summed E-state index contributed by atoms with van der Waals surface area (Å²) < 4.78 is 5.14. The molecule has 0 atom stereocenters. The number of amides is 1. The van der Waals surface area contributed by atoms with Crippen molar-refractivity contribution < 1.29 is 19.6 Å². The maximum atomic E-state index is 11.5. The fourth-order valence-corrected chi connectivity index (χ4v) is 1.44. The van der Waals surface area contributed by atoms with Crippen molar-refractivity contribution in [1.82, 2.24) is 4.90 Å². The molecule has 1 heterocycles. The summed E-state index contributed by atoms with van der Waals surface area (Å²) >= 11 is 0. The Morgan fingerprint density at radius 2 is 1.87 bits per heavy atom. The van der Waals surface area contributed by atoms with Crippen LogP contribution in [0.3, 0.4) is 0 Å². The summed E-state index contributed by atoms with van der Waals surface area (Å²) in [5.41, 5.74) is -0.513. The Balaban J connectivity index is 2.42. The van der Waals surface area contributed by atoms with E-state index in [9.17, 15) is 4.79 Å². The van der Waals surface area contributed by atoms with Gasteiger partial charge in [-0.05, 0) is 20.8 Å². The molecule has 1 aliphatic heterocycles. The molecule has 0 aromatic heterocycles. The van der Waals surface area contributed by atoms with E-state index in [1.807, 2.05) is 0 Å². The van der Waals surface area contributed by atoms with Crippen LogP contribution in [0.1, 0.15) is 27.7 Å². The van der Waals surface area contributed by atoms with E-state index >= 15 is 0 Å². The molecule has 0 radical (unpaired) electrons. The molecule has 0 saturated carbocycles. The largest absolute Gasteiger partial charge is 0.461 e. The van der Waals surface area contributed by atoms with Crippen molar-refractivity contribution in [1.29, 1.82) is 0 Å². The lowest BCUT2D eigenvalue weighted by atomic mass is 9.55. The van der Waals surface area contributed by atoms with Crippen molar-refractivity contribution in [3.63, 3.8) is 0 Å². The highest BCUT2D eigenvalue weighted by atomic mass is 16.6. The summed E-state index contributed by atoms with van der Waals surface area (Å²) in [7, 11) is -1.39. The van der Waals surface area contributed by atoms with E-state index in [1.54, 1.807) is 27.7 Å². The van der Waals surface area contributed by atoms with Gasteiger partial charge in [-0.25, -0.2) is 4.79 Å². The van der Waals surface area contributed by atoms with Crippen LogP contribution in [0.4, 0.5) is 4.79 Å². The summed E-state index contributed by atoms with van der Waals surface area (Å²) in [6, 6.07) is 0. The molecule has 15 heavy (non-hydrogen) atoms. The highest BCUT2D eigenvalue weighted by Crippen LogP contribution is 2.38. The van der Waals surface area contributed by atoms with Gasteiger partial charge in [-0.2, -0.15) is 0 Å². The monoisotopic (exact) mass is 215 g/mol. The van der Waals surface area contributed by atoms with Crippen LogP contribution < -0.4 is 0 Å². The van der Waals surface area contributed by atoms with Gasteiger partial charge in [0.05, 0.1) is 0 Å². The fourth-order valence-electron chi connectivity index (χ4n) is 1.44. The van der Waals surface area contributed by atoms with E-state index in [0.717, 1.165) is 0 Å². The molecule has 0 unspecified atom stereocenters. The summed E-state index contributed by atoms with van der Waals surface area (Å²) in [6.45, 7) is 7.75. The maximum Gasteiger partial charge on any atom is 0.461 e. The van der Waals surface area contributed by atoms with Gasteiger partial charge in [0.15, 0.2) is 0 Å². The molecular weight excluding hydrogens is 197 g/mol. The Morgan fingerprint density at radius 3 is 2.20 bits per heavy atom. The van der Waals surface area contributed by atoms with Gasteiger partial charge in [-0.1, -0.05) is 6.92 Å². The molecule has 1 fully saturated rings. The van der Waals surface area contributed by atoms with Crippen LogP contribution in [-0.2, 0) is 4.74 Å². The third-order valence-corrected chi connectivity index (χ3v) is 2.38. The van der Waals surface area contributed by atoms with Gasteiger partial charge in [0, 0.05) is 18.4 Å². The minimum absolute atomic E-state index is 0.319. The van der Waals surface area contributed by atoms with E-state index in [2.05, 4.69) is 0 Å². The van der Waals surface area contributed by atoms with Crippen LogP contribution in [0, 0.1) is 0 Å². The van der Waals surface area contributed by atoms with Gasteiger partial charge in [-0.3, -0.25) is 0 Å². The second-order valence-corrected chi connectivity index (χ2v) is 5.36. The Labute approximate surface area is 90.2 Å². The molecule has 0 aromatic rings. The quantitative estimate of drug-likeness (QED) is 0.623. The number of carbonyl (C=O) groups excluding carboxylic acids is 1. The summed E-state index contributed by atoms with van der Waals surface area (Å²) in [4.78, 5) is 13.0. The first-order valence-electron chi connectivity index (χ1n) is 4.98. The predicted molar refractivity (Wildman–Crippen MR) is 56.4 cm³/mol. The van der Waals surface area contributed by atoms with Crippen LogP contribution in [0.15, 0.2) is 0 Å². The van der Waals surface area contributed by atoms with E-state index < -0.39 is 24.1 Å². The molecule has 1 amide bonds. The van der Waals surface area contributed by atoms with Crippen molar-refractivity contribution in [2.45, 2.75) is 38.6 Å². The average molecular weight is 215 g/mol. The molecule has 1 saturated heterocycles. The zero-order valence-electron chi connectivity index (χ0n) is 9.65. The Morgan fingerprint density at radius 1 is 1.40 bits per heavy atom. The molecule has 5 nitrogen and oxygen atoms in total. The molecule has 0 aliphatic carbocycles. The van der Waals surface area contributed by atoms with Crippen molar-refractivity contribution in [2.24, 2.45) is 0 Å². The van der Waals surface area contributed by atoms with Gasteiger partial charge < -0.3 is 19.7 Å². The summed E-state index contributed by atoms with van der Waals surface area (Å²) in [6.07, 6.45) is -0.402. The number of nitrogens with zero attached hydrogens (tertiary/aromatic N) is 1. The third kappa shape index (κ3) is 2.85. The average Bonchev–Trinajstić information content (AvgIpc) is 1.94. The van der Waals surface area contributed by atoms with Crippen LogP contribution in [0.2, 0.25) is 5.31 Å². The van der Waals surface area contributed by atoms with E-state index in [1.165, 1.54) is 4.90 Å². The van der Waals surface area contributed by atoms with Gasteiger partial charge in [-0.15, -0.1) is 0 Å². The topological polar surface area (TPSA) is 70.0 Å². The molecular formula is C9H18BNO4. The molecule has 6 heteroatoms. The zero-order chi connectivity index (χ0) is 11.9. The van der Waals surface area contributed by atoms with Gasteiger partial charge >= 0.3 is 13.2 Å². The van der Waals surface area contributed by atoms with Crippen LogP contribution in [-0.4, -0.2) is 46.9 Å². The molecule has 86 valence electrons. The van der Waals surface area contributed by atoms with Gasteiger partial charge in [0.2, 0.25) is 0 Å². The smallest absolute Gasteiger partial charge is 0.444 e. The van der Waals surface area contributed by atoms with Gasteiger partial charge in [0.25, 0.3) is 0 Å². The van der Waals surface area contributed by atoms with Crippen LogP contribution in [0.5, 0.6) is 0 Å². The number of ether oxygens (including phenoxy) is 1. The summed E-state index contributed by atoms with van der Waals surface area (Å²) in [5, 5.41) is 17.5. The first-order valence-corrected chi connectivity index (χ1v) is 4.98. The molecule has 0 aromatic carbocycles. The third-order valence-electron chi connectivity index (χ3n) is 2.38. The second kappa shape index (κ2) is 3.68. The van der Waals surface area contributed by atoms with Crippen molar-refractivity contribution >= 4 is 13.2 Å². The molecule has 1 aliphatic rings. The first kappa shape index (κ1) is 12.3. The Kier molecular flexibility index (Phi) is 3.02. The number of carbonyl (C=O) groups is 1. The van der Waals surface area contributed by atoms with Crippen molar-refractivity contribution in [2.75, 3.05) is 13.1 Å². The number of hydrogen-bond donors (Lipinski definition) is 2. The highest BCUT2D eigenvalue weighted by Gasteiger charge is 2.50. The second-order valence-electron chi connectivity index (χ2n) is 5.36. The minimum atomic E-state index is -1.39. The molecule has 0 bridgehead atoms. The zero-order valence-corrected chi connectivity index (χ0v) is 9.65. The first-order chi connectivity index (χ1) is 6.64. The standard InChI is InChI=1S/C9H18BNO4/c1-8(2,3)15-7(12)11-5-9(4,6-11)10(13)14/h13-14H,5-6H2,1-4H3.